The lowest BCUT2D eigenvalue weighted by atomic mass is 9.98. The summed E-state index contributed by atoms with van der Waals surface area (Å²) in [7, 11) is 1.42. The standard InChI is InChI=1S/C26H38O6/c1-3-4-5-10-19(27)14-15-21-22-17-20(11-6-7-12-25(28)29-2)31-24(22)18-23(21)32-26-13-8-9-16-30-26/h4-5,14-15,17,19,21,23,26-27H,3,6-13,16,18H2,1-2H3/b5-4-,15-14+/t19-,21+,23+,26?/m0/s1. The number of aliphatic hydroxyl groups is 1. The van der Waals surface area contributed by atoms with Crippen LogP contribution in [-0.2, 0) is 31.8 Å². The average Bonchev–Trinajstić information content (AvgIpc) is 3.33. The summed E-state index contributed by atoms with van der Waals surface area (Å²) < 4.78 is 23.0. The number of hydrogen-bond acceptors (Lipinski definition) is 6. The van der Waals surface area contributed by atoms with Gasteiger partial charge in [-0.25, -0.2) is 0 Å². The summed E-state index contributed by atoms with van der Waals surface area (Å²) in [5.41, 5.74) is 1.14. The van der Waals surface area contributed by atoms with Crippen molar-refractivity contribution in [3.63, 3.8) is 0 Å². The lowest BCUT2D eigenvalue weighted by Crippen LogP contribution is -2.30. The molecule has 6 nitrogen and oxygen atoms in total. The van der Waals surface area contributed by atoms with Crippen LogP contribution in [0.1, 0.15) is 81.3 Å². The van der Waals surface area contributed by atoms with E-state index in [0.29, 0.717) is 19.3 Å². The van der Waals surface area contributed by atoms with Crippen molar-refractivity contribution >= 4 is 5.97 Å². The number of unbranched alkanes of at least 4 members (excludes halogenated alkanes) is 1. The molecule has 1 saturated heterocycles. The molecule has 1 unspecified atom stereocenters. The van der Waals surface area contributed by atoms with Gasteiger partial charge < -0.3 is 23.7 Å². The maximum atomic E-state index is 11.3. The molecule has 0 bridgehead atoms. The molecule has 6 heteroatoms. The highest BCUT2D eigenvalue weighted by molar-refractivity contribution is 5.68. The third-order valence-electron chi connectivity index (χ3n) is 6.11. The smallest absolute Gasteiger partial charge is 0.305 e. The van der Waals surface area contributed by atoms with Gasteiger partial charge >= 0.3 is 5.97 Å². The number of furan rings is 1. The van der Waals surface area contributed by atoms with Crippen molar-refractivity contribution in [3.8, 4) is 0 Å². The molecule has 0 amide bonds. The summed E-state index contributed by atoms with van der Waals surface area (Å²) in [5, 5.41) is 10.3. The third-order valence-corrected chi connectivity index (χ3v) is 6.11. The van der Waals surface area contributed by atoms with E-state index in [1.807, 2.05) is 12.2 Å². The van der Waals surface area contributed by atoms with E-state index in [9.17, 15) is 9.90 Å². The Bertz CT molecular complexity index is 758. The quantitative estimate of drug-likeness (QED) is 0.277. The van der Waals surface area contributed by atoms with Crippen molar-refractivity contribution in [1.82, 2.24) is 0 Å². The van der Waals surface area contributed by atoms with Crippen LogP contribution in [0.15, 0.2) is 34.8 Å². The van der Waals surface area contributed by atoms with Crippen LogP contribution in [0.3, 0.4) is 0 Å². The molecule has 1 fully saturated rings. The summed E-state index contributed by atoms with van der Waals surface area (Å²) in [4.78, 5) is 11.3. The fourth-order valence-corrected chi connectivity index (χ4v) is 4.35. The van der Waals surface area contributed by atoms with E-state index in [1.165, 1.54) is 7.11 Å². The first-order valence-corrected chi connectivity index (χ1v) is 12.1. The lowest BCUT2D eigenvalue weighted by molar-refractivity contribution is -0.188. The number of aryl methyl sites for hydroxylation is 1. The minimum Gasteiger partial charge on any atom is -0.469 e. The zero-order chi connectivity index (χ0) is 22.8. The fraction of sp³-hybridized carbons (Fsp3) is 0.654. The molecular weight excluding hydrogens is 408 g/mol. The maximum absolute atomic E-state index is 11.3. The van der Waals surface area contributed by atoms with Crippen LogP contribution < -0.4 is 0 Å². The normalized spacial score (nSPS) is 24.3. The number of ether oxygens (including phenoxy) is 3. The Morgan fingerprint density at radius 1 is 1.31 bits per heavy atom. The van der Waals surface area contributed by atoms with Crippen molar-refractivity contribution in [2.45, 2.75) is 95.5 Å². The van der Waals surface area contributed by atoms with Gasteiger partial charge in [0.05, 0.1) is 19.3 Å². The molecule has 0 radical (unpaired) electrons. The zero-order valence-electron chi connectivity index (χ0n) is 19.5. The highest BCUT2D eigenvalue weighted by atomic mass is 16.7. The van der Waals surface area contributed by atoms with E-state index in [2.05, 4.69) is 25.1 Å². The molecule has 1 aromatic rings. The van der Waals surface area contributed by atoms with E-state index >= 15 is 0 Å². The number of fused-ring (bicyclic) bond motifs is 1. The van der Waals surface area contributed by atoms with Crippen molar-refractivity contribution in [3.05, 3.63) is 47.5 Å². The number of methoxy groups -OCH3 is 1. The number of carbonyl (C=O) groups is 1. The van der Waals surface area contributed by atoms with Crippen LogP contribution in [0.5, 0.6) is 0 Å². The topological polar surface area (TPSA) is 78.1 Å². The predicted molar refractivity (Wildman–Crippen MR) is 122 cm³/mol. The molecule has 0 saturated carbocycles. The van der Waals surface area contributed by atoms with Crippen LogP contribution in [0, 0.1) is 0 Å². The van der Waals surface area contributed by atoms with Gasteiger partial charge in [0.25, 0.3) is 0 Å². The first kappa shape index (κ1) is 24.7. The van der Waals surface area contributed by atoms with Gasteiger partial charge in [0.15, 0.2) is 6.29 Å². The third kappa shape index (κ3) is 7.32. The Kier molecular flexibility index (Phi) is 10.0. The molecule has 1 aliphatic carbocycles. The largest absolute Gasteiger partial charge is 0.469 e. The molecule has 1 N–H and O–H groups in total. The molecule has 2 aliphatic rings. The van der Waals surface area contributed by atoms with Gasteiger partial charge in [-0.3, -0.25) is 4.79 Å². The summed E-state index contributed by atoms with van der Waals surface area (Å²) in [6.07, 6.45) is 15.6. The lowest BCUT2D eigenvalue weighted by Gasteiger charge is -2.28. The SMILES string of the molecule is CC/C=C\C[C@H](O)/C=C/[C@@H]1c2cc(CCCCC(=O)OC)oc2C[C@H]1OC1CCCCO1. The van der Waals surface area contributed by atoms with E-state index in [-0.39, 0.29) is 24.3 Å². The molecule has 1 aromatic heterocycles. The second kappa shape index (κ2) is 13.0. The number of carbonyl (C=O) groups excluding carboxylic acids is 1. The Hall–Kier alpha value is -1.89. The van der Waals surface area contributed by atoms with Gasteiger partial charge in [-0.2, -0.15) is 0 Å². The molecule has 4 atom stereocenters. The van der Waals surface area contributed by atoms with Gasteiger partial charge in [0.1, 0.15) is 11.5 Å². The van der Waals surface area contributed by atoms with Crippen molar-refractivity contribution < 1.29 is 28.5 Å². The molecule has 0 spiro atoms. The minimum atomic E-state index is -0.516. The molecule has 2 heterocycles. The number of hydrogen-bond donors (Lipinski definition) is 1. The summed E-state index contributed by atoms with van der Waals surface area (Å²) in [6.45, 7) is 2.83. The van der Waals surface area contributed by atoms with E-state index in [4.69, 9.17) is 18.6 Å². The molecular formula is C26H38O6. The average molecular weight is 447 g/mol. The summed E-state index contributed by atoms with van der Waals surface area (Å²) >= 11 is 0. The first-order valence-electron chi connectivity index (χ1n) is 12.1. The van der Waals surface area contributed by atoms with Crippen LogP contribution in [0.25, 0.3) is 0 Å². The predicted octanol–water partition coefficient (Wildman–Crippen LogP) is 4.99. The van der Waals surface area contributed by atoms with Crippen LogP contribution in [0.2, 0.25) is 0 Å². The Balaban J connectivity index is 1.64. The highest BCUT2D eigenvalue weighted by Crippen LogP contribution is 2.40. The summed E-state index contributed by atoms with van der Waals surface area (Å²) in [5.74, 6) is 1.77. The number of esters is 1. The van der Waals surface area contributed by atoms with Crippen LogP contribution in [-0.4, -0.2) is 43.3 Å². The fourth-order valence-electron chi connectivity index (χ4n) is 4.35. The van der Waals surface area contributed by atoms with Crippen molar-refractivity contribution in [2.75, 3.05) is 13.7 Å². The number of allylic oxidation sites excluding steroid dienone is 1. The van der Waals surface area contributed by atoms with Gasteiger partial charge in [0.2, 0.25) is 0 Å². The molecule has 1 aliphatic heterocycles. The van der Waals surface area contributed by atoms with Gasteiger partial charge in [-0.05, 0) is 51.0 Å². The molecule has 178 valence electrons. The molecule has 0 aromatic carbocycles. The molecule has 32 heavy (non-hydrogen) atoms. The van der Waals surface area contributed by atoms with Crippen molar-refractivity contribution in [2.24, 2.45) is 0 Å². The van der Waals surface area contributed by atoms with E-state index in [1.54, 1.807) is 0 Å². The first-order chi connectivity index (χ1) is 15.6. The second-order valence-corrected chi connectivity index (χ2v) is 8.64. The Labute approximate surface area is 191 Å². The monoisotopic (exact) mass is 446 g/mol. The van der Waals surface area contributed by atoms with Crippen molar-refractivity contribution in [1.29, 1.82) is 0 Å². The highest BCUT2D eigenvalue weighted by Gasteiger charge is 2.37. The Morgan fingerprint density at radius 2 is 2.19 bits per heavy atom. The minimum absolute atomic E-state index is 0.0351. The molecule has 3 rings (SSSR count). The van der Waals surface area contributed by atoms with E-state index < -0.39 is 6.10 Å². The van der Waals surface area contributed by atoms with Gasteiger partial charge in [0, 0.05) is 37.4 Å². The number of rotatable bonds is 12. The zero-order valence-corrected chi connectivity index (χ0v) is 19.5. The van der Waals surface area contributed by atoms with Gasteiger partial charge in [-0.1, -0.05) is 31.2 Å². The Morgan fingerprint density at radius 3 is 2.94 bits per heavy atom. The van der Waals surface area contributed by atoms with Gasteiger partial charge in [-0.15, -0.1) is 0 Å². The van der Waals surface area contributed by atoms with Crippen LogP contribution in [0.4, 0.5) is 0 Å². The number of aliphatic hydroxyl groups excluding tert-OH is 1. The van der Waals surface area contributed by atoms with E-state index in [0.717, 1.165) is 68.6 Å². The maximum Gasteiger partial charge on any atom is 0.305 e. The summed E-state index contributed by atoms with van der Waals surface area (Å²) in [6, 6.07) is 2.12. The van der Waals surface area contributed by atoms with Crippen LogP contribution >= 0.6 is 0 Å². The second-order valence-electron chi connectivity index (χ2n) is 8.64.